The minimum Gasteiger partial charge on any atom is -0.496 e. The van der Waals surface area contributed by atoms with Crippen molar-refractivity contribution in [3.05, 3.63) is 28.8 Å². The van der Waals surface area contributed by atoms with Gasteiger partial charge in [-0.1, -0.05) is 24.1 Å². The van der Waals surface area contributed by atoms with E-state index >= 15 is 0 Å². The van der Waals surface area contributed by atoms with E-state index in [-0.39, 0.29) is 12.3 Å². The Morgan fingerprint density at radius 3 is 2.58 bits per heavy atom. The number of methoxy groups -OCH3 is 1. The van der Waals surface area contributed by atoms with E-state index in [1.165, 1.54) is 12.0 Å². The molecule has 1 aromatic rings. The van der Waals surface area contributed by atoms with Gasteiger partial charge in [0.2, 0.25) is 0 Å². The molecule has 1 saturated carbocycles. The Morgan fingerprint density at radius 2 is 2.11 bits per heavy atom. The van der Waals surface area contributed by atoms with Crippen LogP contribution in [0.1, 0.15) is 48.3 Å². The first-order chi connectivity index (χ1) is 9.02. The van der Waals surface area contributed by atoms with E-state index in [1.54, 1.807) is 7.11 Å². The number of benzene rings is 1. The topological polar surface area (TPSA) is 46.5 Å². The van der Waals surface area contributed by atoms with E-state index in [4.69, 9.17) is 4.74 Å². The first-order valence-electron chi connectivity index (χ1n) is 6.90. The molecule has 1 atom stereocenters. The average molecular weight is 262 g/mol. The number of carboxylic acids is 1. The number of rotatable bonds is 5. The van der Waals surface area contributed by atoms with E-state index in [9.17, 15) is 9.90 Å². The maximum atomic E-state index is 11.2. The second-order valence-corrected chi connectivity index (χ2v) is 5.60. The fraction of sp³-hybridized carbons (Fsp3) is 0.562. The molecular weight excluding hydrogens is 240 g/mol. The first kappa shape index (κ1) is 13.9. The Balaban J connectivity index is 2.42. The number of ether oxygens (including phenoxy) is 1. The zero-order chi connectivity index (χ0) is 14.0. The molecule has 104 valence electrons. The summed E-state index contributed by atoms with van der Waals surface area (Å²) in [5, 5.41) is 9.18. The van der Waals surface area contributed by atoms with Gasteiger partial charge in [-0.25, -0.2) is 0 Å². The molecule has 19 heavy (non-hydrogen) atoms. The molecule has 1 aromatic carbocycles. The lowest BCUT2D eigenvalue weighted by molar-refractivity contribution is -0.138. The molecule has 1 N–H and O–H groups in total. The summed E-state index contributed by atoms with van der Waals surface area (Å²) in [4.78, 5) is 11.2. The number of aryl methyl sites for hydroxylation is 2. The summed E-state index contributed by atoms with van der Waals surface area (Å²) in [6.45, 7) is 4.07. The lowest BCUT2D eigenvalue weighted by atomic mass is 9.71. The quantitative estimate of drug-likeness (QED) is 0.880. The molecule has 0 heterocycles. The molecule has 1 aliphatic carbocycles. The Bertz CT molecular complexity index is 475. The van der Waals surface area contributed by atoms with Gasteiger partial charge in [-0.2, -0.15) is 0 Å². The standard InChI is InChI=1S/C16H22O3/c1-10-7-11(2)16(19-3)14(8-10)13(9-15(17)18)12-5-4-6-12/h7-8,12-13H,4-6,9H2,1-3H3,(H,17,18). The van der Waals surface area contributed by atoms with Crippen LogP contribution in [-0.4, -0.2) is 18.2 Å². The van der Waals surface area contributed by atoms with Gasteiger partial charge in [0.25, 0.3) is 0 Å². The third-order valence-corrected chi connectivity index (χ3v) is 4.16. The molecule has 3 heteroatoms. The second kappa shape index (κ2) is 5.64. The Labute approximate surface area is 114 Å². The van der Waals surface area contributed by atoms with Gasteiger partial charge >= 0.3 is 5.97 Å². The van der Waals surface area contributed by atoms with E-state index in [0.717, 1.165) is 29.7 Å². The highest BCUT2D eigenvalue weighted by molar-refractivity contribution is 5.68. The maximum Gasteiger partial charge on any atom is 0.303 e. The third-order valence-electron chi connectivity index (χ3n) is 4.16. The van der Waals surface area contributed by atoms with Crippen LogP contribution in [0.4, 0.5) is 0 Å². The second-order valence-electron chi connectivity index (χ2n) is 5.60. The smallest absolute Gasteiger partial charge is 0.303 e. The monoisotopic (exact) mass is 262 g/mol. The summed E-state index contributed by atoms with van der Waals surface area (Å²) >= 11 is 0. The molecule has 0 bridgehead atoms. The summed E-state index contributed by atoms with van der Waals surface area (Å²) in [5.41, 5.74) is 3.34. The largest absolute Gasteiger partial charge is 0.496 e. The summed E-state index contributed by atoms with van der Waals surface area (Å²) in [7, 11) is 1.67. The van der Waals surface area contributed by atoms with Crippen molar-refractivity contribution < 1.29 is 14.6 Å². The van der Waals surface area contributed by atoms with Crippen LogP contribution in [0, 0.1) is 19.8 Å². The van der Waals surface area contributed by atoms with Gasteiger partial charge < -0.3 is 9.84 Å². The van der Waals surface area contributed by atoms with Crippen molar-refractivity contribution in [2.24, 2.45) is 5.92 Å². The van der Waals surface area contributed by atoms with Crippen molar-refractivity contribution in [3.8, 4) is 5.75 Å². The van der Waals surface area contributed by atoms with E-state index in [2.05, 4.69) is 19.1 Å². The predicted octanol–water partition coefficient (Wildman–Crippen LogP) is 3.67. The minimum atomic E-state index is -0.724. The average Bonchev–Trinajstić information content (AvgIpc) is 2.24. The fourth-order valence-electron chi connectivity index (χ4n) is 3.10. The number of carbonyl (C=O) groups is 1. The van der Waals surface area contributed by atoms with Crippen LogP contribution in [0.15, 0.2) is 12.1 Å². The number of carboxylic acid groups (broad SMARTS) is 1. The van der Waals surface area contributed by atoms with Crippen molar-refractivity contribution in [1.29, 1.82) is 0 Å². The van der Waals surface area contributed by atoms with Crippen LogP contribution in [0.25, 0.3) is 0 Å². The first-order valence-corrected chi connectivity index (χ1v) is 6.90. The molecule has 0 aliphatic heterocycles. The van der Waals surface area contributed by atoms with Crippen LogP contribution >= 0.6 is 0 Å². The van der Waals surface area contributed by atoms with Gasteiger partial charge in [0.15, 0.2) is 0 Å². The van der Waals surface area contributed by atoms with E-state index in [1.807, 2.05) is 6.92 Å². The summed E-state index contributed by atoms with van der Waals surface area (Å²) < 4.78 is 5.52. The SMILES string of the molecule is COc1c(C)cc(C)cc1C(CC(=O)O)C1CCC1. The minimum absolute atomic E-state index is 0.0831. The van der Waals surface area contributed by atoms with Crippen molar-refractivity contribution in [1.82, 2.24) is 0 Å². The van der Waals surface area contributed by atoms with Gasteiger partial charge in [-0.15, -0.1) is 0 Å². The molecule has 2 rings (SSSR count). The summed E-state index contributed by atoms with van der Waals surface area (Å²) in [5.74, 6) is 0.716. The molecule has 1 unspecified atom stereocenters. The Hall–Kier alpha value is -1.51. The van der Waals surface area contributed by atoms with Crippen molar-refractivity contribution in [3.63, 3.8) is 0 Å². The van der Waals surface area contributed by atoms with Crippen molar-refractivity contribution >= 4 is 5.97 Å². The van der Waals surface area contributed by atoms with Crippen LogP contribution in [0.5, 0.6) is 5.75 Å². The van der Waals surface area contributed by atoms with Crippen LogP contribution < -0.4 is 4.74 Å². The third kappa shape index (κ3) is 2.91. The zero-order valence-electron chi connectivity index (χ0n) is 11.9. The molecule has 3 nitrogen and oxygen atoms in total. The highest BCUT2D eigenvalue weighted by Crippen LogP contribution is 2.45. The van der Waals surface area contributed by atoms with Gasteiger partial charge in [-0.3, -0.25) is 4.79 Å². The van der Waals surface area contributed by atoms with Crippen molar-refractivity contribution in [2.75, 3.05) is 7.11 Å². The van der Waals surface area contributed by atoms with Crippen LogP contribution in [-0.2, 0) is 4.79 Å². The highest BCUT2D eigenvalue weighted by atomic mass is 16.5. The Morgan fingerprint density at radius 1 is 1.42 bits per heavy atom. The number of hydrogen-bond donors (Lipinski definition) is 1. The van der Waals surface area contributed by atoms with Crippen molar-refractivity contribution in [2.45, 2.75) is 45.4 Å². The molecule has 1 fully saturated rings. The predicted molar refractivity (Wildman–Crippen MR) is 74.8 cm³/mol. The molecule has 0 spiro atoms. The Kier molecular flexibility index (Phi) is 4.13. The molecule has 0 amide bonds. The summed E-state index contributed by atoms with van der Waals surface area (Å²) in [6, 6.07) is 4.18. The lowest BCUT2D eigenvalue weighted by Crippen LogP contribution is -2.23. The molecule has 0 radical (unpaired) electrons. The lowest BCUT2D eigenvalue weighted by Gasteiger charge is -2.34. The van der Waals surface area contributed by atoms with Gasteiger partial charge in [-0.05, 0) is 43.7 Å². The summed E-state index contributed by atoms with van der Waals surface area (Å²) in [6.07, 6.45) is 3.68. The van der Waals surface area contributed by atoms with Crippen LogP contribution in [0.3, 0.4) is 0 Å². The highest BCUT2D eigenvalue weighted by Gasteiger charge is 2.32. The van der Waals surface area contributed by atoms with Crippen LogP contribution in [0.2, 0.25) is 0 Å². The molecule has 0 saturated heterocycles. The molecule has 0 aromatic heterocycles. The number of aliphatic carboxylic acids is 1. The van der Waals surface area contributed by atoms with E-state index in [0.29, 0.717) is 5.92 Å². The molecular formula is C16H22O3. The van der Waals surface area contributed by atoms with Gasteiger partial charge in [0, 0.05) is 5.92 Å². The number of hydrogen-bond acceptors (Lipinski definition) is 2. The fourth-order valence-corrected chi connectivity index (χ4v) is 3.10. The van der Waals surface area contributed by atoms with Gasteiger partial charge in [0.05, 0.1) is 13.5 Å². The van der Waals surface area contributed by atoms with E-state index < -0.39 is 5.97 Å². The molecule has 1 aliphatic rings. The van der Waals surface area contributed by atoms with Gasteiger partial charge in [0.1, 0.15) is 5.75 Å². The maximum absolute atomic E-state index is 11.2. The zero-order valence-corrected chi connectivity index (χ0v) is 11.9. The normalized spacial score (nSPS) is 16.8.